The molecule has 0 saturated carbocycles. The van der Waals surface area contributed by atoms with Crippen LogP contribution in [0.5, 0.6) is 0 Å². The summed E-state index contributed by atoms with van der Waals surface area (Å²) in [6.07, 6.45) is 1.43. The van der Waals surface area contributed by atoms with E-state index in [4.69, 9.17) is 28.5 Å². The van der Waals surface area contributed by atoms with Crippen molar-refractivity contribution in [3.8, 4) is 6.07 Å². The number of nitrogens with zero attached hydrogens (tertiary/aromatic N) is 2. The molecular weight excluding hydrogens is 183 g/mol. The lowest BCUT2D eigenvalue weighted by Crippen LogP contribution is -1.87. The van der Waals surface area contributed by atoms with Crippen LogP contribution in [0.25, 0.3) is 0 Å². The first-order valence-electron chi connectivity index (χ1n) is 2.88. The average molecular weight is 187 g/mol. The van der Waals surface area contributed by atoms with Crippen molar-refractivity contribution in [2.75, 3.05) is 0 Å². The standard InChI is InChI=1S/C7H4Cl2N2/c8-2-6-1-5(3-10)7(9)4-11-6/h1,4H,2H2. The Kier molecular flexibility index (Phi) is 2.70. The fourth-order valence-corrected chi connectivity index (χ4v) is 0.932. The van der Waals surface area contributed by atoms with Gasteiger partial charge in [0.1, 0.15) is 6.07 Å². The first-order chi connectivity index (χ1) is 5.27. The fraction of sp³-hybridized carbons (Fsp3) is 0.143. The van der Waals surface area contributed by atoms with Crippen LogP contribution in [0, 0.1) is 11.3 Å². The third-order valence-corrected chi connectivity index (χ3v) is 1.74. The van der Waals surface area contributed by atoms with E-state index in [1.807, 2.05) is 6.07 Å². The molecule has 11 heavy (non-hydrogen) atoms. The van der Waals surface area contributed by atoms with Crippen molar-refractivity contribution in [2.45, 2.75) is 5.88 Å². The molecule has 4 heteroatoms. The van der Waals surface area contributed by atoms with Crippen LogP contribution in [-0.4, -0.2) is 4.98 Å². The Morgan fingerprint density at radius 1 is 1.64 bits per heavy atom. The number of nitriles is 1. The van der Waals surface area contributed by atoms with E-state index < -0.39 is 0 Å². The molecule has 0 aliphatic carbocycles. The Balaban J connectivity index is 3.15. The molecule has 1 rings (SSSR count). The molecule has 1 aromatic heterocycles. The fourth-order valence-electron chi connectivity index (χ4n) is 0.641. The van der Waals surface area contributed by atoms with Crippen molar-refractivity contribution in [2.24, 2.45) is 0 Å². The van der Waals surface area contributed by atoms with Gasteiger partial charge < -0.3 is 0 Å². The molecule has 1 aromatic rings. The van der Waals surface area contributed by atoms with Crippen molar-refractivity contribution < 1.29 is 0 Å². The van der Waals surface area contributed by atoms with Crippen LogP contribution in [0.15, 0.2) is 12.3 Å². The van der Waals surface area contributed by atoms with Gasteiger partial charge in [-0.3, -0.25) is 4.98 Å². The summed E-state index contributed by atoms with van der Waals surface area (Å²) in [4.78, 5) is 3.89. The quantitative estimate of drug-likeness (QED) is 0.632. The Bertz CT molecular complexity index is 304. The highest BCUT2D eigenvalue weighted by Crippen LogP contribution is 2.14. The predicted molar refractivity (Wildman–Crippen MR) is 43.5 cm³/mol. The van der Waals surface area contributed by atoms with Gasteiger partial charge >= 0.3 is 0 Å². The first-order valence-corrected chi connectivity index (χ1v) is 3.79. The van der Waals surface area contributed by atoms with Gasteiger partial charge in [0.25, 0.3) is 0 Å². The third kappa shape index (κ3) is 1.83. The summed E-state index contributed by atoms with van der Waals surface area (Å²) in [6, 6.07) is 3.52. The topological polar surface area (TPSA) is 36.7 Å². The van der Waals surface area contributed by atoms with Crippen molar-refractivity contribution in [1.82, 2.24) is 4.98 Å². The number of rotatable bonds is 1. The second-order valence-electron chi connectivity index (χ2n) is 1.90. The summed E-state index contributed by atoms with van der Waals surface area (Å²) in [7, 11) is 0. The molecule has 0 fully saturated rings. The summed E-state index contributed by atoms with van der Waals surface area (Å²) < 4.78 is 0. The van der Waals surface area contributed by atoms with Crippen LogP contribution in [0.3, 0.4) is 0 Å². The normalized spacial score (nSPS) is 9.18. The molecule has 0 aliphatic rings. The van der Waals surface area contributed by atoms with Crippen LogP contribution in [-0.2, 0) is 5.88 Å². The number of hydrogen-bond acceptors (Lipinski definition) is 2. The van der Waals surface area contributed by atoms with Crippen LogP contribution in [0.4, 0.5) is 0 Å². The molecule has 0 amide bonds. The molecule has 0 spiro atoms. The van der Waals surface area contributed by atoms with E-state index in [0.29, 0.717) is 22.2 Å². The summed E-state index contributed by atoms with van der Waals surface area (Å²) in [6.45, 7) is 0. The van der Waals surface area contributed by atoms with Gasteiger partial charge in [-0.05, 0) is 6.07 Å². The summed E-state index contributed by atoms with van der Waals surface area (Å²) in [5.74, 6) is 0.297. The SMILES string of the molecule is N#Cc1cc(CCl)ncc1Cl. The van der Waals surface area contributed by atoms with Crippen LogP contribution < -0.4 is 0 Å². The van der Waals surface area contributed by atoms with E-state index in [2.05, 4.69) is 4.98 Å². The van der Waals surface area contributed by atoms with Gasteiger partial charge in [-0.1, -0.05) is 11.6 Å². The Hall–Kier alpha value is -0.780. The minimum atomic E-state index is 0.297. The smallest absolute Gasteiger partial charge is 0.101 e. The lowest BCUT2D eigenvalue weighted by Gasteiger charge is -1.95. The molecule has 0 aromatic carbocycles. The number of aromatic nitrogens is 1. The largest absolute Gasteiger partial charge is 0.258 e. The molecule has 0 atom stereocenters. The molecule has 0 radical (unpaired) electrons. The summed E-state index contributed by atoms with van der Waals surface area (Å²) >= 11 is 11.1. The van der Waals surface area contributed by atoms with Crippen LogP contribution in [0.1, 0.15) is 11.3 Å². The summed E-state index contributed by atoms with van der Waals surface area (Å²) in [5, 5.41) is 8.90. The minimum absolute atomic E-state index is 0.297. The van der Waals surface area contributed by atoms with Crippen molar-refractivity contribution >= 4 is 23.2 Å². The van der Waals surface area contributed by atoms with Gasteiger partial charge in [-0.25, -0.2) is 0 Å². The highest BCUT2D eigenvalue weighted by Gasteiger charge is 2.00. The van der Waals surface area contributed by atoms with Gasteiger partial charge in [0.05, 0.1) is 22.2 Å². The van der Waals surface area contributed by atoms with E-state index >= 15 is 0 Å². The molecule has 0 bridgehead atoms. The molecule has 2 nitrogen and oxygen atoms in total. The predicted octanol–water partition coefficient (Wildman–Crippen LogP) is 2.35. The van der Waals surface area contributed by atoms with Crippen molar-refractivity contribution in [3.05, 3.63) is 28.5 Å². The van der Waals surface area contributed by atoms with E-state index in [-0.39, 0.29) is 0 Å². The van der Waals surface area contributed by atoms with Gasteiger partial charge in [-0.15, -0.1) is 11.6 Å². The van der Waals surface area contributed by atoms with E-state index in [1.54, 1.807) is 6.07 Å². The third-order valence-electron chi connectivity index (χ3n) is 1.17. The van der Waals surface area contributed by atoms with Crippen molar-refractivity contribution in [1.29, 1.82) is 5.26 Å². The first kappa shape index (κ1) is 8.32. The van der Waals surface area contributed by atoms with Gasteiger partial charge in [0.15, 0.2) is 0 Å². The van der Waals surface area contributed by atoms with Crippen molar-refractivity contribution in [3.63, 3.8) is 0 Å². The number of pyridine rings is 1. The lowest BCUT2D eigenvalue weighted by atomic mass is 10.2. The maximum absolute atomic E-state index is 8.53. The molecule has 0 aliphatic heterocycles. The second kappa shape index (κ2) is 3.56. The summed E-state index contributed by atoms with van der Waals surface area (Å²) in [5.41, 5.74) is 1.07. The van der Waals surface area contributed by atoms with Gasteiger partial charge in [0.2, 0.25) is 0 Å². The minimum Gasteiger partial charge on any atom is -0.258 e. The molecule has 0 unspecified atom stereocenters. The zero-order valence-corrected chi connectivity index (χ0v) is 7.02. The van der Waals surface area contributed by atoms with E-state index in [1.165, 1.54) is 6.20 Å². The molecule has 0 N–H and O–H groups in total. The Morgan fingerprint density at radius 3 is 2.91 bits per heavy atom. The van der Waals surface area contributed by atoms with Crippen LogP contribution >= 0.6 is 23.2 Å². The maximum Gasteiger partial charge on any atom is 0.101 e. The van der Waals surface area contributed by atoms with E-state index in [9.17, 15) is 0 Å². The molecule has 56 valence electrons. The highest BCUT2D eigenvalue weighted by molar-refractivity contribution is 6.31. The van der Waals surface area contributed by atoms with E-state index in [0.717, 1.165) is 0 Å². The highest BCUT2D eigenvalue weighted by atomic mass is 35.5. The number of hydrogen-bond donors (Lipinski definition) is 0. The lowest BCUT2D eigenvalue weighted by molar-refractivity contribution is 1.16. The maximum atomic E-state index is 8.53. The Morgan fingerprint density at radius 2 is 2.36 bits per heavy atom. The zero-order valence-electron chi connectivity index (χ0n) is 5.51. The molecular formula is C7H4Cl2N2. The number of alkyl halides is 1. The van der Waals surface area contributed by atoms with Crippen LogP contribution in [0.2, 0.25) is 5.02 Å². The molecule has 0 saturated heterocycles. The zero-order chi connectivity index (χ0) is 8.27. The van der Waals surface area contributed by atoms with Gasteiger partial charge in [-0.2, -0.15) is 5.26 Å². The average Bonchev–Trinajstić information content (AvgIpc) is 2.05. The second-order valence-corrected chi connectivity index (χ2v) is 2.58. The van der Waals surface area contributed by atoms with Gasteiger partial charge in [0, 0.05) is 6.20 Å². The molecule has 1 heterocycles. The monoisotopic (exact) mass is 186 g/mol. The Labute approximate surface area is 74.4 Å². The number of halogens is 2.